The van der Waals surface area contributed by atoms with Crippen LogP contribution >= 0.6 is 11.8 Å². The van der Waals surface area contributed by atoms with Crippen molar-refractivity contribution in [3.63, 3.8) is 0 Å². The molecule has 2 aromatic rings. The number of nitrogens with one attached hydrogen (secondary N) is 2. The van der Waals surface area contributed by atoms with E-state index in [1.165, 1.54) is 12.7 Å². The summed E-state index contributed by atoms with van der Waals surface area (Å²) < 4.78 is 5.00. The zero-order valence-corrected chi connectivity index (χ0v) is 12.2. The molecule has 1 aromatic carbocycles. The van der Waals surface area contributed by atoms with E-state index < -0.39 is 0 Å². The number of hydrogen-bond donors (Lipinski definition) is 2. The maximum atomic E-state index is 12.2. The molecule has 3 rings (SSSR count). The Kier molecular flexibility index (Phi) is 3.92. The number of benzene rings is 1. The lowest BCUT2D eigenvalue weighted by atomic mass is 10.1. The normalized spacial score (nSPS) is 16.1. The predicted molar refractivity (Wildman–Crippen MR) is 80.1 cm³/mol. The summed E-state index contributed by atoms with van der Waals surface area (Å²) in [6, 6.07) is 9.69. The molecule has 1 atom stereocenters. The van der Waals surface area contributed by atoms with Crippen molar-refractivity contribution in [3.8, 4) is 5.88 Å². The van der Waals surface area contributed by atoms with Gasteiger partial charge in [0.05, 0.1) is 12.4 Å². The zero-order valence-electron chi connectivity index (χ0n) is 11.4. The van der Waals surface area contributed by atoms with Crippen LogP contribution in [0.15, 0.2) is 41.4 Å². The number of hydrazine groups is 1. The van der Waals surface area contributed by atoms with Crippen LogP contribution in [-0.2, 0) is 11.2 Å². The van der Waals surface area contributed by atoms with Crippen molar-refractivity contribution in [1.82, 2.24) is 15.4 Å². The van der Waals surface area contributed by atoms with E-state index in [2.05, 4.69) is 20.8 Å². The first-order valence-corrected chi connectivity index (χ1v) is 7.31. The first-order chi connectivity index (χ1) is 10.3. The van der Waals surface area contributed by atoms with Gasteiger partial charge in [0.15, 0.2) is 0 Å². The van der Waals surface area contributed by atoms with Gasteiger partial charge in [-0.1, -0.05) is 18.2 Å². The monoisotopic (exact) mass is 302 g/mol. The fourth-order valence-electron chi connectivity index (χ4n) is 2.04. The Morgan fingerprint density at radius 1 is 1.38 bits per heavy atom. The molecule has 0 saturated heterocycles. The Labute approximate surface area is 126 Å². The molecule has 21 heavy (non-hydrogen) atoms. The standard InChI is InChI=1S/C14H14N4O2S/c1-20-12-6-7-15-14(16-12)18-17-13(19)11-8-9-4-2-3-5-10(9)21-11/h2-7,11H,8H2,1H3,(H,17,19)(H,15,16,18)/t11-/m0/s1. The summed E-state index contributed by atoms with van der Waals surface area (Å²) in [5.41, 5.74) is 6.55. The average Bonchev–Trinajstić information content (AvgIpc) is 2.97. The highest BCUT2D eigenvalue weighted by Crippen LogP contribution is 2.36. The molecule has 2 N–H and O–H groups in total. The molecular weight excluding hydrogens is 288 g/mol. The maximum Gasteiger partial charge on any atom is 0.252 e. The van der Waals surface area contributed by atoms with Crippen LogP contribution < -0.4 is 15.6 Å². The third-order valence-electron chi connectivity index (χ3n) is 3.08. The summed E-state index contributed by atoms with van der Waals surface area (Å²) in [5, 5.41) is -0.138. The molecule has 0 fully saturated rings. The number of carbonyl (C=O) groups is 1. The molecule has 0 spiro atoms. The van der Waals surface area contributed by atoms with E-state index in [0.717, 1.165) is 11.3 Å². The molecule has 0 saturated carbocycles. The lowest BCUT2D eigenvalue weighted by Crippen LogP contribution is -2.37. The quantitative estimate of drug-likeness (QED) is 0.836. The highest BCUT2D eigenvalue weighted by atomic mass is 32.2. The molecule has 6 nitrogen and oxygen atoms in total. The summed E-state index contributed by atoms with van der Waals surface area (Å²) in [4.78, 5) is 21.4. The largest absolute Gasteiger partial charge is 0.481 e. The number of amides is 1. The number of hydrogen-bond acceptors (Lipinski definition) is 6. The first kappa shape index (κ1) is 13.7. The van der Waals surface area contributed by atoms with Gasteiger partial charge >= 0.3 is 0 Å². The minimum absolute atomic E-state index is 0.0948. The number of nitrogens with zero attached hydrogens (tertiary/aromatic N) is 2. The van der Waals surface area contributed by atoms with Crippen molar-refractivity contribution in [3.05, 3.63) is 42.1 Å². The summed E-state index contributed by atoms with van der Waals surface area (Å²) in [6.07, 6.45) is 2.29. The van der Waals surface area contributed by atoms with Crippen molar-refractivity contribution >= 4 is 23.6 Å². The van der Waals surface area contributed by atoms with Crippen molar-refractivity contribution in [1.29, 1.82) is 0 Å². The third kappa shape index (κ3) is 3.08. The molecule has 0 radical (unpaired) electrons. The number of carbonyl (C=O) groups excluding carboxylic acids is 1. The smallest absolute Gasteiger partial charge is 0.252 e. The van der Waals surface area contributed by atoms with Crippen molar-refractivity contribution in [2.75, 3.05) is 12.5 Å². The second-order valence-electron chi connectivity index (χ2n) is 4.46. The number of thioether (sulfide) groups is 1. The molecular formula is C14H14N4O2S. The van der Waals surface area contributed by atoms with Crippen LogP contribution in [-0.4, -0.2) is 28.2 Å². The zero-order chi connectivity index (χ0) is 14.7. The summed E-state index contributed by atoms with van der Waals surface area (Å²) in [5.74, 6) is 0.634. The van der Waals surface area contributed by atoms with Crippen molar-refractivity contribution < 1.29 is 9.53 Å². The lowest BCUT2D eigenvalue weighted by Gasteiger charge is -2.11. The van der Waals surface area contributed by atoms with Crippen LogP contribution in [0.3, 0.4) is 0 Å². The van der Waals surface area contributed by atoms with Crippen LogP contribution in [0.25, 0.3) is 0 Å². The summed E-state index contributed by atoms with van der Waals surface area (Å²) in [6.45, 7) is 0. The SMILES string of the molecule is COc1ccnc(NNC(=O)[C@@H]2Cc3ccccc3S2)n1. The molecule has 1 aliphatic heterocycles. The number of ether oxygens (including phenoxy) is 1. The Bertz CT molecular complexity index is 640. The van der Waals surface area contributed by atoms with Gasteiger partial charge in [0.2, 0.25) is 11.8 Å². The van der Waals surface area contributed by atoms with E-state index in [9.17, 15) is 4.79 Å². The Hall–Kier alpha value is -2.28. The maximum absolute atomic E-state index is 12.2. The van der Waals surface area contributed by atoms with Gasteiger partial charge in [0, 0.05) is 17.2 Å². The average molecular weight is 302 g/mol. The Balaban J connectivity index is 1.58. The molecule has 1 amide bonds. The second-order valence-corrected chi connectivity index (χ2v) is 5.70. The molecule has 0 unspecified atom stereocenters. The number of rotatable bonds is 4. The topological polar surface area (TPSA) is 76.1 Å². The lowest BCUT2D eigenvalue weighted by molar-refractivity contribution is -0.120. The fourth-order valence-corrected chi connectivity index (χ4v) is 3.24. The number of anilines is 1. The highest BCUT2D eigenvalue weighted by Gasteiger charge is 2.27. The number of fused-ring (bicyclic) bond motifs is 1. The van der Waals surface area contributed by atoms with Gasteiger partial charge in [-0.05, 0) is 18.1 Å². The van der Waals surface area contributed by atoms with Crippen LogP contribution in [0.2, 0.25) is 0 Å². The molecule has 108 valence electrons. The van der Waals surface area contributed by atoms with Gasteiger partial charge in [0.1, 0.15) is 0 Å². The van der Waals surface area contributed by atoms with Gasteiger partial charge in [-0.15, -0.1) is 11.8 Å². The molecule has 1 aromatic heterocycles. The first-order valence-electron chi connectivity index (χ1n) is 6.44. The molecule has 1 aliphatic rings. The molecule has 2 heterocycles. The van der Waals surface area contributed by atoms with E-state index in [0.29, 0.717) is 11.8 Å². The van der Waals surface area contributed by atoms with Crippen LogP contribution in [0.1, 0.15) is 5.56 Å². The third-order valence-corrected chi connectivity index (χ3v) is 4.39. The van der Waals surface area contributed by atoms with Gasteiger partial charge < -0.3 is 4.74 Å². The molecule has 0 aliphatic carbocycles. The fraction of sp³-hybridized carbons (Fsp3) is 0.214. The number of aromatic nitrogens is 2. The summed E-state index contributed by atoms with van der Waals surface area (Å²) in [7, 11) is 1.52. The van der Waals surface area contributed by atoms with Gasteiger partial charge in [-0.3, -0.25) is 15.6 Å². The van der Waals surface area contributed by atoms with E-state index in [1.54, 1.807) is 24.0 Å². The van der Waals surface area contributed by atoms with E-state index in [-0.39, 0.29) is 11.2 Å². The Morgan fingerprint density at radius 2 is 2.24 bits per heavy atom. The van der Waals surface area contributed by atoms with Crippen LogP contribution in [0, 0.1) is 0 Å². The van der Waals surface area contributed by atoms with Crippen LogP contribution in [0.5, 0.6) is 5.88 Å². The van der Waals surface area contributed by atoms with E-state index in [4.69, 9.17) is 4.74 Å². The predicted octanol–water partition coefficient (Wildman–Crippen LogP) is 1.65. The van der Waals surface area contributed by atoms with Gasteiger partial charge in [-0.2, -0.15) is 4.98 Å². The highest BCUT2D eigenvalue weighted by molar-refractivity contribution is 8.01. The minimum Gasteiger partial charge on any atom is -0.481 e. The van der Waals surface area contributed by atoms with Crippen LogP contribution in [0.4, 0.5) is 5.95 Å². The van der Waals surface area contributed by atoms with Gasteiger partial charge in [0.25, 0.3) is 5.91 Å². The molecule has 7 heteroatoms. The second kappa shape index (κ2) is 6.01. The van der Waals surface area contributed by atoms with E-state index in [1.807, 2.05) is 24.3 Å². The van der Waals surface area contributed by atoms with E-state index >= 15 is 0 Å². The summed E-state index contributed by atoms with van der Waals surface area (Å²) >= 11 is 1.57. The Morgan fingerprint density at radius 3 is 3.05 bits per heavy atom. The van der Waals surface area contributed by atoms with Crippen molar-refractivity contribution in [2.24, 2.45) is 0 Å². The molecule has 0 bridgehead atoms. The minimum atomic E-state index is -0.138. The van der Waals surface area contributed by atoms with Gasteiger partial charge in [-0.25, -0.2) is 4.98 Å². The van der Waals surface area contributed by atoms with Crippen molar-refractivity contribution in [2.45, 2.75) is 16.6 Å². The number of methoxy groups -OCH3 is 1.